The monoisotopic (exact) mass is 895 g/mol. The fourth-order valence-corrected chi connectivity index (χ4v) is 6.51. The number of unbranched alkanes of at least 4 members (excludes halogenated alkanes) is 2. The number of aliphatic carboxylic acids is 1. The number of carbonyl (C=O) groups is 8. The molecule has 0 spiro atoms. The summed E-state index contributed by atoms with van der Waals surface area (Å²) in [6.07, 6.45) is 2.93. The van der Waals surface area contributed by atoms with Crippen LogP contribution in [0.1, 0.15) is 84.6 Å². The Bertz CT molecular complexity index is 1590. The van der Waals surface area contributed by atoms with Crippen molar-refractivity contribution in [2.24, 2.45) is 17.4 Å². The SMILES string of the molecule is CC[C@H](C)[C@H](NC(=O)[C@H](CO)NC(=O)[C@H](CCCCNC(C)=O)NC(=O)[C@H](Cc1ccccc1)NC(=O)[C@@H](N)[C@@H](C)O)C(=O)N[C@@H](CCSC)C(=O)N[C@@H](CCCCN)C(=O)O. The average Bonchev–Trinajstić information content (AvgIpc) is 3.23. The van der Waals surface area contributed by atoms with Crippen LogP contribution in [0.5, 0.6) is 0 Å². The maximum absolute atomic E-state index is 13.9. The van der Waals surface area contributed by atoms with Crippen LogP contribution in [-0.2, 0) is 44.8 Å². The Hall–Kier alpha value is -4.83. The predicted octanol–water partition coefficient (Wildman–Crippen LogP) is -1.84. The molecule has 0 unspecified atom stereocenters. The number of thioether (sulfide) groups is 1. The lowest BCUT2D eigenvalue weighted by atomic mass is 9.97. The van der Waals surface area contributed by atoms with Crippen LogP contribution >= 0.6 is 11.8 Å². The highest BCUT2D eigenvalue weighted by molar-refractivity contribution is 7.98. The van der Waals surface area contributed by atoms with Gasteiger partial charge in [-0.2, -0.15) is 11.8 Å². The van der Waals surface area contributed by atoms with Crippen molar-refractivity contribution < 1.29 is 53.7 Å². The van der Waals surface area contributed by atoms with Crippen LogP contribution in [0, 0.1) is 5.92 Å². The van der Waals surface area contributed by atoms with Gasteiger partial charge in [0.25, 0.3) is 0 Å². The van der Waals surface area contributed by atoms with Gasteiger partial charge in [-0.05, 0) is 81.9 Å². The largest absolute Gasteiger partial charge is 0.480 e. The number of benzene rings is 1. The molecule has 0 aromatic heterocycles. The van der Waals surface area contributed by atoms with E-state index < -0.39 is 102 Å². The first-order chi connectivity index (χ1) is 29.4. The van der Waals surface area contributed by atoms with Crippen LogP contribution < -0.4 is 48.7 Å². The first-order valence-electron chi connectivity index (χ1n) is 21.0. The molecule has 0 saturated heterocycles. The van der Waals surface area contributed by atoms with E-state index in [1.165, 1.54) is 25.6 Å². The maximum atomic E-state index is 13.9. The van der Waals surface area contributed by atoms with Crippen molar-refractivity contribution in [3.63, 3.8) is 0 Å². The molecule has 1 rings (SSSR count). The van der Waals surface area contributed by atoms with Gasteiger partial charge in [-0.1, -0.05) is 50.6 Å². The van der Waals surface area contributed by atoms with Crippen LogP contribution in [0.3, 0.4) is 0 Å². The van der Waals surface area contributed by atoms with Crippen molar-refractivity contribution in [1.82, 2.24) is 37.2 Å². The van der Waals surface area contributed by atoms with Gasteiger partial charge in [0.2, 0.25) is 41.4 Å². The Balaban J connectivity index is 3.34. The summed E-state index contributed by atoms with van der Waals surface area (Å²) < 4.78 is 0. The zero-order chi connectivity index (χ0) is 46.8. The summed E-state index contributed by atoms with van der Waals surface area (Å²) in [6, 6.07) is -0.508. The third kappa shape index (κ3) is 20.8. The highest BCUT2D eigenvalue weighted by Gasteiger charge is 2.35. The highest BCUT2D eigenvalue weighted by Crippen LogP contribution is 2.12. The molecule has 350 valence electrons. The molecule has 0 bridgehead atoms. The molecule has 7 amide bonds. The molecule has 0 aliphatic carbocycles. The summed E-state index contributed by atoms with van der Waals surface area (Å²) in [4.78, 5) is 105. The van der Waals surface area contributed by atoms with Gasteiger partial charge < -0.3 is 64.0 Å². The molecule has 14 N–H and O–H groups in total. The molecule has 0 aliphatic heterocycles. The van der Waals surface area contributed by atoms with Crippen LogP contribution in [0.4, 0.5) is 0 Å². The number of carboxylic acid groups (broad SMARTS) is 1. The Labute approximate surface area is 368 Å². The Kier molecular flexibility index (Phi) is 26.9. The smallest absolute Gasteiger partial charge is 0.326 e. The number of aliphatic hydroxyl groups excluding tert-OH is 2. The first kappa shape index (κ1) is 55.2. The topological polar surface area (TPSA) is 333 Å². The molecule has 1 aromatic carbocycles. The van der Waals surface area contributed by atoms with E-state index in [2.05, 4.69) is 37.2 Å². The lowest BCUT2D eigenvalue weighted by Crippen LogP contribution is -2.61. The van der Waals surface area contributed by atoms with Gasteiger partial charge in [0, 0.05) is 19.9 Å². The van der Waals surface area contributed by atoms with E-state index in [-0.39, 0.29) is 38.1 Å². The molecule has 0 fully saturated rings. The number of nitrogens with two attached hydrogens (primary N) is 2. The van der Waals surface area contributed by atoms with Crippen molar-refractivity contribution in [2.75, 3.05) is 31.7 Å². The van der Waals surface area contributed by atoms with E-state index in [1.54, 1.807) is 50.4 Å². The van der Waals surface area contributed by atoms with Gasteiger partial charge in [0.05, 0.1) is 12.7 Å². The summed E-state index contributed by atoms with van der Waals surface area (Å²) in [7, 11) is 0. The molecule has 0 saturated carbocycles. The second-order valence-corrected chi connectivity index (χ2v) is 16.2. The Morgan fingerprint density at radius 1 is 0.694 bits per heavy atom. The summed E-state index contributed by atoms with van der Waals surface area (Å²) in [5.41, 5.74) is 12.0. The second kappa shape index (κ2) is 30.3. The number of hydrogen-bond acceptors (Lipinski definition) is 13. The number of rotatable bonds is 31. The fraction of sp³-hybridized carbons (Fsp3) is 0.659. The van der Waals surface area contributed by atoms with E-state index in [4.69, 9.17) is 11.5 Å². The summed E-state index contributed by atoms with van der Waals surface area (Å²) in [6.45, 7) is 5.82. The van der Waals surface area contributed by atoms with Gasteiger partial charge in [-0.3, -0.25) is 33.6 Å². The van der Waals surface area contributed by atoms with E-state index in [9.17, 15) is 53.7 Å². The van der Waals surface area contributed by atoms with Gasteiger partial charge >= 0.3 is 5.97 Å². The van der Waals surface area contributed by atoms with E-state index in [0.717, 1.165) is 0 Å². The number of carboxylic acids is 1. The molecule has 1 aromatic rings. The van der Waals surface area contributed by atoms with E-state index >= 15 is 0 Å². The predicted molar refractivity (Wildman–Crippen MR) is 234 cm³/mol. The second-order valence-electron chi connectivity index (χ2n) is 15.2. The van der Waals surface area contributed by atoms with Crippen molar-refractivity contribution in [2.45, 2.75) is 134 Å². The molecule has 9 atom stereocenters. The van der Waals surface area contributed by atoms with Gasteiger partial charge in [-0.25, -0.2) is 4.79 Å². The average molecular weight is 896 g/mol. The quantitative estimate of drug-likeness (QED) is 0.0365. The first-order valence-corrected chi connectivity index (χ1v) is 22.4. The molecular formula is C41H69N9O11S. The number of hydrogen-bond donors (Lipinski definition) is 12. The van der Waals surface area contributed by atoms with Crippen molar-refractivity contribution >= 4 is 59.1 Å². The Morgan fingerprint density at radius 3 is 1.76 bits per heavy atom. The lowest BCUT2D eigenvalue weighted by Gasteiger charge is -2.29. The van der Waals surface area contributed by atoms with Crippen molar-refractivity contribution in [1.29, 1.82) is 0 Å². The van der Waals surface area contributed by atoms with Gasteiger partial charge in [-0.15, -0.1) is 0 Å². The Morgan fingerprint density at radius 2 is 1.21 bits per heavy atom. The van der Waals surface area contributed by atoms with E-state index in [0.29, 0.717) is 50.0 Å². The van der Waals surface area contributed by atoms with E-state index in [1.807, 2.05) is 0 Å². The minimum atomic E-state index is -1.62. The normalized spacial score (nSPS) is 15.4. The fourth-order valence-electron chi connectivity index (χ4n) is 6.04. The molecule has 0 radical (unpaired) electrons. The van der Waals surface area contributed by atoms with Gasteiger partial charge in [0.1, 0.15) is 42.3 Å². The minimum Gasteiger partial charge on any atom is -0.480 e. The summed E-state index contributed by atoms with van der Waals surface area (Å²) in [5.74, 6) is -6.49. The summed E-state index contributed by atoms with van der Waals surface area (Å²) in [5, 5.41) is 47.9. The molecule has 21 heteroatoms. The minimum absolute atomic E-state index is 0.00324. The lowest BCUT2D eigenvalue weighted by molar-refractivity contribution is -0.142. The standard InChI is InChI=1S/C41H69N9O11S/c1-6-24(2)34(40(59)46-29(18-21-62-5)36(55)47-30(41(60)61)17-10-12-19-42)50-38(57)32(23-51)49-35(54)28(16-11-13-20-44-26(4)53)45-37(56)31(22-27-14-8-7-9-15-27)48-39(58)33(43)25(3)52/h7-9,14-15,24-25,28-34,51-52H,6,10-13,16-23,42-43H2,1-5H3,(H,44,53)(H,45,56)(H,46,59)(H,47,55)(H,48,58)(H,49,54)(H,50,57)(H,60,61)/t24-,25+,28-,29-,30-,31-,32-,33-,34-/m0/s1. The van der Waals surface area contributed by atoms with Crippen LogP contribution in [0.25, 0.3) is 0 Å². The zero-order valence-electron chi connectivity index (χ0n) is 36.4. The highest BCUT2D eigenvalue weighted by atomic mass is 32.2. The van der Waals surface area contributed by atoms with Crippen LogP contribution in [-0.4, -0.2) is 143 Å². The number of nitrogens with one attached hydrogen (secondary N) is 7. The van der Waals surface area contributed by atoms with Gasteiger partial charge in [0.15, 0.2) is 0 Å². The third-order valence-electron chi connectivity index (χ3n) is 10.1. The number of carbonyl (C=O) groups excluding carboxylic acids is 7. The third-order valence-corrected chi connectivity index (χ3v) is 10.7. The van der Waals surface area contributed by atoms with Crippen LogP contribution in [0.2, 0.25) is 0 Å². The summed E-state index contributed by atoms with van der Waals surface area (Å²) >= 11 is 1.40. The van der Waals surface area contributed by atoms with Crippen molar-refractivity contribution in [3.05, 3.63) is 35.9 Å². The molecular weight excluding hydrogens is 827 g/mol. The number of amides is 7. The van der Waals surface area contributed by atoms with Crippen molar-refractivity contribution in [3.8, 4) is 0 Å². The zero-order valence-corrected chi connectivity index (χ0v) is 37.3. The maximum Gasteiger partial charge on any atom is 0.326 e. The molecule has 0 heterocycles. The number of aliphatic hydroxyl groups is 2. The molecule has 0 aliphatic rings. The van der Waals surface area contributed by atoms with Crippen LogP contribution in [0.15, 0.2) is 30.3 Å². The molecule has 62 heavy (non-hydrogen) atoms. The molecule has 20 nitrogen and oxygen atoms in total.